The summed E-state index contributed by atoms with van der Waals surface area (Å²) in [5.41, 5.74) is 5.72. The van der Waals surface area contributed by atoms with E-state index < -0.39 is 10.5 Å². The molecule has 0 radical (unpaired) electrons. The molecule has 0 spiro atoms. The van der Waals surface area contributed by atoms with Crippen molar-refractivity contribution in [2.45, 2.75) is 29.7 Å². The minimum absolute atomic E-state index is 0.0985. The number of nitrogens with two attached hydrogens (primary N) is 1. The van der Waals surface area contributed by atoms with Crippen LogP contribution >= 0.6 is 11.8 Å². The van der Waals surface area contributed by atoms with Crippen LogP contribution in [0.25, 0.3) is 11.5 Å². The fourth-order valence-electron chi connectivity index (χ4n) is 2.51. The van der Waals surface area contributed by atoms with Crippen molar-refractivity contribution in [2.24, 2.45) is 5.73 Å². The van der Waals surface area contributed by atoms with Crippen LogP contribution in [0.3, 0.4) is 0 Å². The highest BCUT2D eigenvalue weighted by Gasteiger charge is 2.39. The lowest BCUT2D eigenvalue weighted by atomic mass is 9.77. The summed E-state index contributed by atoms with van der Waals surface area (Å²) < 4.78 is 10.4. The van der Waals surface area contributed by atoms with Gasteiger partial charge in [-0.2, -0.15) is 4.98 Å². The van der Waals surface area contributed by atoms with E-state index in [0.717, 1.165) is 24.2 Å². The summed E-state index contributed by atoms with van der Waals surface area (Å²) in [5.74, 6) is 0.929. The number of rotatable bonds is 5. The van der Waals surface area contributed by atoms with Crippen LogP contribution in [0, 0.1) is 10.1 Å². The third kappa shape index (κ3) is 2.66. The second-order valence-corrected chi connectivity index (χ2v) is 6.26. The Hall–Kier alpha value is -2.13. The smallest absolute Gasteiger partial charge is 0.285 e. The molecule has 0 bridgehead atoms. The summed E-state index contributed by atoms with van der Waals surface area (Å²) in [5, 5.41) is 15.3. The van der Waals surface area contributed by atoms with E-state index in [9.17, 15) is 10.1 Å². The van der Waals surface area contributed by atoms with E-state index in [1.807, 2.05) is 6.26 Å². The van der Waals surface area contributed by atoms with Crippen molar-refractivity contribution in [3.8, 4) is 17.2 Å². The van der Waals surface area contributed by atoms with E-state index in [1.165, 1.54) is 24.9 Å². The van der Waals surface area contributed by atoms with Gasteiger partial charge in [0, 0.05) is 0 Å². The van der Waals surface area contributed by atoms with E-state index >= 15 is 0 Å². The lowest BCUT2D eigenvalue weighted by molar-refractivity contribution is -0.384. The molecule has 3 rings (SSSR count). The number of thioether (sulfide) groups is 1. The van der Waals surface area contributed by atoms with Crippen LogP contribution in [0.15, 0.2) is 21.6 Å². The van der Waals surface area contributed by atoms with Gasteiger partial charge in [-0.05, 0) is 31.6 Å². The molecule has 1 aromatic heterocycles. The molecule has 8 nitrogen and oxygen atoms in total. The summed E-state index contributed by atoms with van der Waals surface area (Å²) in [6.07, 6.45) is 4.44. The standard InChI is InChI=1S/C14H16N4O4S/c1-21-10-7-9(18(19)20)8(6-11(10)23-2)12-16-13(17-22-12)14(15)4-3-5-14/h6-7H,3-5,15H2,1-2H3. The molecular weight excluding hydrogens is 320 g/mol. The number of nitro benzene ring substituents is 1. The molecular formula is C14H16N4O4S. The SMILES string of the molecule is COc1cc([N+](=O)[O-])c(-c2nc(C3(N)CCC3)no2)cc1SC. The molecule has 2 aromatic rings. The molecule has 1 saturated carbocycles. The van der Waals surface area contributed by atoms with Crippen LogP contribution in [0.1, 0.15) is 25.1 Å². The molecule has 122 valence electrons. The van der Waals surface area contributed by atoms with Gasteiger partial charge in [0.25, 0.3) is 11.6 Å². The van der Waals surface area contributed by atoms with Crippen molar-refractivity contribution >= 4 is 17.4 Å². The number of nitrogens with zero attached hydrogens (tertiary/aromatic N) is 3. The predicted molar refractivity (Wildman–Crippen MR) is 84.4 cm³/mol. The van der Waals surface area contributed by atoms with Gasteiger partial charge in [-0.3, -0.25) is 10.1 Å². The summed E-state index contributed by atoms with van der Waals surface area (Å²) in [4.78, 5) is 15.9. The maximum atomic E-state index is 11.4. The number of hydrogen-bond acceptors (Lipinski definition) is 8. The molecule has 1 aliphatic carbocycles. The highest BCUT2D eigenvalue weighted by Crippen LogP contribution is 2.41. The number of benzene rings is 1. The molecule has 0 saturated heterocycles. The maximum Gasteiger partial charge on any atom is 0.285 e. The van der Waals surface area contributed by atoms with Crippen LogP contribution in [0.5, 0.6) is 5.75 Å². The number of hydrogen-bond donors (Lipinski definition) is 1. The van der Waals surface area contributed by atoms with Gasteiger partial charge in [0.05, 0.1) is 28.5 Å². The van der Waals surface area contributed by atoms with Crippen molar-refractivity contribution in [3.63, 3.8) is 0 Å². The zero-order valence-electron chi connectivity index (χ0n) is 12.7. The highest BCUT2D eigenvalue weighted by atomic mass is 32.2. The van der Waals surface area contributed by atoms with Crippen LogP contribution in [-0.4, -0.2) is 28.4 Å². The minimum atomic E-state index is -0.578. The average Bonchev–Trinajstić information content (AvgIpc) is 3.01. The summed E-state index contributed by atoms with van der Waals surface area (Å²) in [7, 11) is 1.47. The number of aromatic nitrogens is 2. The highest BCUT2D eigenvalue weighted by molar-refractivity contribution is 7.98. The van der Waals surface area contributed by atoms with Gasteiger partial charge >= 0.3 is 0 Å². The second kappa shape index (κ2) is 5.82. The predicted octanol–water partition coefficient (Wildman–Crippen LogP) is 2.71. The molecule has 23 heavy (non-hydrogen) atoms. The largest absolute Gasteiger partial charge is 0.495 e. The average molecular weight is 336 g/mol. The van der Waals surface area contributed by atoms with Crippen LogP contribution in [0.2, 0.25) is 0 Å². The van der Waals surface area contributed by atoms with E-state index in [4.69, 9.17) is 15.0 Å². The molecule has 1 fully saturated rings. The molecule has 0 atom stereocenters. The second-order valence-electron chi connectivity index (χ2n) is 5.41. The van der Waals surface area contributed by atoms with Crippen molar-refractivity contribution in [3.05, 3.63) is 28.1 Å². The zero-order chi connectivity index (χ0) is 16.6. The third-order valence-corrected chi connectivity index (χ3v) is 4.80. The first-order valence-corrected chi connectivity index (χ1v) is 8.25. The Balaban J connectivity index is 2.09. The Labute approximate surface area is 136 Å². The zero-order valence-corrected chi connectivity index (χ0v) is 13.6. The quantitative estimate of drug-likeness (QED) is 0.503. The lowest BCUT2D eigenvalue weighted by Crippen LogP contribution is -2.44. The molecule has 0 amide bonds. The first kappa shape index (κ1) is 15.8. The monoisotopic (exact) mass is 336 g/mol. The summed E-state index contributed by atoms with van der Waals surface area (Å²) >= 11 is 1.42. The third-order valence-electron chi connectivity index (χ3n) is 4.05. The number of ether oxygens (including phenoxy) is 1. The van der Waals surface area contributed by atoms with Crippen LogP contribution < -0.4 is 10.5 Å². The van der Waals surface area contributed by atoms with Gasteiger partial charge in [-0.15, -0.1) is 11.8 Å². The Bertz CT molecular complexity index is 757. The van der Waals surface area contributed by atoms with Crippen molar-refractivity contribution in [1.82, 2.24) is 10.1 Å². The molecule has 1 aromatic carbocycles. The molecule has 9 heteroatoms. The summed E-state index contributed by atoms with van der Waals surface area (Å²) in [6, 6.07) is 3.00. The first-order valence-electron chi connectivity index (χ1n) is 7.02. The van der Waals surface area contributed by atoms with Gasteiger partial charge in [-0.25, -0.2) is 0 Å². The maximum absolute atomic E-state index is 11.4. The van der Waals surface area contributed by atoms with Gasteiger partial charge in [0.1, 0.15) is 11.3 Å². The fraction of sp³-hybridized carbons (Fsp3) is 0.429. The topological polar surface area (TPSA) is 117 Å². The molecule has 1 aliphatic rings. The van der Waals surface area contributed by atoms with Crippen molar-refractivity contribution in [1.29, 1.82) is 0 Å². The van der Waals surface area contributed by atoms with Crippen molar-refractivity contribution < 1.29 is 14.2 Å². The van der Waals surface area contributed by atoms with Crippen LogP contribution in [0.4, 0.5) is 5.69 Å². The Morgan fingerprint density at radius 1 is 1.48 bits per heavy atom. The lowest BCUT2D eigenvalue weighted by Gasteiger charge is -2.34. The van der Waals surface area contributed by atoms with E-state index in [1.54, 1.807) is 6.07 Å². The number of nitro groups is 1. The molecule has 2 N–H and O–H groups in total. The van der Waals surface area contributed by atoms with Gasteiger partial charge in [0.2, 0.25) is 0 Å². The normalized spacial score (nSPS) is 16.0. The van der Waals surface area contributed by atoms with Crippen LogP contribution in [-0.2, 0) is 5.54 Å². The Morgan fingerprint density at radius 3 is 2.74 bits per heavy atom. The van der Waals surface area contributed by atoms with E-state index in [0.29, 0.717) is 11.6 Å². The number of methoxy groups -OCH3 is 1. The summed E-state index contributed by atoms with van der Waals surface area (Å²) in [6.45, 7) is 0. The fourth-order valence-corrected chi connectivity index (χ4v) is 3.09. The van der Waals surface area contributed by atoms with Gasteiger partial charge in [-0.1, -0.05) is 5.16 Å². The Morgan fingerprint density at radius 2 is 2.22 bits per heavy atom. The molecule has 0 unspecified atom stereocenters. The Kier molecular flexibility index (Phi) is 3.99. The molecule has 0 aliphatic heterocycles. The van der Waals surface area contributed by atoms with Gasteiger partial charge < -0.3 is 15.0 Å². The van der Waals surface area contributed by atoms with Gasteiger partial charge in [0.15, 0.2) is 5.82 Å². The molecule has 1 heterocycles. The minimum Gasteiger partial charge on any atom is -0.495 e. The first-order chi connectivity index (χ1) is 11.0. The van der Waals surface area contributed by atoms with Crippen molar-refractivity contribution in [2.75, 3.05) is 13.4 Å². The van der Waals surface area contributed by atoms with E-state index in [-0.39, 0.29) is 17.1 Å². The van der Waals surface area contributed by atoms with E-state index in [2.05, 4.69) is 10.1 Å².